The molecular formula is C16H25NO2. The molecule has 1 saturated carbocycles. The van der Waals surface area contributed by atoms with Crippen molar-refractivity contribution in [1.29, 1.82) is 0 Å². The number of ether oxygens (including phenoxy) is 2. The monoisotopic (exact) mass is 263 g/mol. The molecule has 0 aliphatic heterocycles. The predicted octanol–water partition coefficient (Wildman–Crippen LogP) is 3.21. The van der Waals surface area contributed by atoms with Gasteiger partial charge in [0.25, 0.3) is 0 Å². The lowest BCUT2D eigenvalue weighted by molar-refractivity contribution is -0.0282. The lowest BCUT2D eigenvalue weighted by Crippen LogP contribution is -2.33. The fraction of sp³-hybridized carbons (Fsp3) is 0.625. The van der Waals surface area contributed by atoms with Crippen molar-refractivity contribution in [1.82, 2.24) is 0 Å². The molecule has 0 bridgehead atoms. The van der Waals surface area contributed by atoms with E-state index in [2.05, 4.69) is 26.0 Å². The normalized spacial score (nSPS) is 23.8. The zero-order valence-electron chi connectivity index (χ0n) is 12.2. The van der Waals surface area contributed by atoms with Crippen LogP contribution in [0.3, 0.4) is 0 Å². The molecule has 3 heteroatoms. The average molecular weight is 263 g/mol. The first-order valence-electron chi connectivity index (χ1n) is 7.15. The maximum atomic E-state index is 6.35. The van der Waals surface area contributed by atoms with E-state index >= 15 is 0 Å². The second-order valence-electron chi connectivity index (χ2n) is 5.50. The third-order valence-electron chi connectivity index (χ3n) is 3.97. The Morgan fingerprint density at radius 1 is 1.37 bits per heavy atom. The van der Waals surface area contributed by atoms with Gasteiger partial charge < -0.3 is 15.2 Å². The van der Waals surface area contributed by atoms with Crippen LogP contribution in [0, 0.1) is 12.8 Å². The molecule has 0 heterocycles. The topological polar surface area (TPSA) is 44.5 Å². The number of hydrogen-bond acceptors (Lipinski definition) is 3. The zero-order valence-corrected chi connectivity index (χ0v) is 12.2. The van der Waals surface area contributed by atoms with Gasteiger partial charge in [0, 0.05) is 18.2 Å². The molecule has 1 aliphatic carbocycles. The molecule has 1 fully saturated rings. The maximum absolute atomic E-state index is 6.35. The smallest absolute Gasteiger partial charge is 0.123 e. The van der Waals surface area contributed by atoms with E-state index < -0.39 is 0 Å². The molecule has 1 aliphatic rings. The van der Waals surface area contributed by atoms with Crippen LogP contribution < -0.4 is 10.5 Å². The Morgan fingerprint density at radius 3 is 2.74 bits per heavy atom. The molecule has 1 aromatic carbocycles. The van der Waals surface area contributed by atoms with E-state index in [9.17, 15) is 0 Å². The summed E-state index contributed by atoms with van der Waals surface area (Å²) in [7, 11) is 1.70. The minimum Gasteiger partial charge on any atom is -0.496 e. The molecule has 0 aromatic heterocycles. The Morgan fingerprint density at radius 2 is 2.11 bits per heavy atom. The van der Waals surface area contributed by atoms with Crippen LogP contribution >= 0.6 is 0 Å². The summed E-state index contributed by atoms with van der Waals surface area (Å²) >= 11 is 0. The van der Waals surface area contributed by atoms with E-state index in [1.807, 2.05) is 6.07 Å². The summed E-state index contributed by atoms with van der Waals surface area (Å²) in [4.78, 5) is 0. The highest BCUT2D eigenvalue weighted by Crippen LogP contribution is 2.38. The molecule has 0 spiro atoms. The molecule has 3 nitrogen and oxygen atoms in total. The molecule has 1 atom stereocenters. The van der Waals surface area contributed by atoms with Crippen molar-refractivity contribution in [2.75, 3.05) is 13.7 Å². The van der Waals surface area contributed by atoms with Crippen LogP contribution in [0.2, 0.25) is 0 Å². The Bertz CT molecular complexity index is 413. The highest BCUT2D eigenvalue weighted by atomic mass is 16.5. The van der Waals surface area contributed by atoms with Gasteiger partial charge in [-0.3, -0.25) is 0 Å². The van der Waals surface area contributed by atoms with Crippen LogP contribution in [0.4, 0.5) is 0 Å². The van der Waals surface area contributed by atoms with Gasteiger partial charge in [0.05, 0.1) is 13.2 Å². The first kappa shape index (κ1) is 14.4. The maximum Gasteiger partial charge on any atom is 0.123 e. The van der Waals surface area contributed by atoms with Crippen molar-refractivity contribution in [2.45, 2.75) is 45.3 Å². The third-order valence-corrected chi connectivity index (χ3v) is 3.97. The summed E-state index contributed by atoms with van der Waals surface area (Å²) in [6.45, 7) is 4.95. The molecule has 2 rings (SSSR count). The van der Waals surface area contributed by atoms with E-state index in [1.165, 1.54) is 5.56 Å². The highest BCUT2D eigenvalue weighted by molar-refractivity contribution is 5.39. The summed E-state index contributed by atoms with van der Waals surface area (Å²) in [6.07, 6.45) is 3.77. The molecular weight excluding hydrogens is 238 g/mol. The van der Waals surface area contributed by atoms with Crippen LogP contribution in [-0.4, -0.2) is 19.8 Å². The van der Waals surface area contributed by atoms with Gasteiger partial charge in [-0.15, -0.1) is 0 Å². The largest absolute Gasteiger partial charge is 0.496 e. The lowest BCUT2D eigenvalue weighted by Gasteiger charge is -2.36. The van der Waals surface area contributed by atoms with Gasteiger partial charge in [0.1, 0.15) is 5.75 Å². The highest BCUT2D eigenvalue weighted by Gasteiger charge is 2.31. The van der Waals surface area contributed by atoms with E-state index in [0.29, 0.717) is 12.0 Å². The Balaban J connectivity index is 1.93. The van der Waals surface area contributed by atoms with Gasteiger partial charge in [-0.05, 0) is 45.1 Å². The summed E-state index contributed by atoms with van der Waals surface area (Å²) in [6, 6.07) is 6.27. The van der Waals surface area contributed by atoms with Crippen molar-refractivity contribution in [2.24, 2.45) is 11.7 Å². The zero-order chi connectivity index (χ0) is 13.8. The fourth-order valence-corrected chi connectivity index (χ4v) is 2.87. The number of benzene rings is 1. The van der Waals surface area contributed by atoms with E-state index in [-0.39, 0.29) is 6.04 Å². The van der Waals surface area contributed by atoms with Crippen molar-refractivity contribution < 1.29 is 9.47 Å². The van der Waals surface area contributed by atoms with E-state index in [0.717, 1.165) is 37.2 Å². The summed E-state index contributed by atoms with van der Waals surface area (Å²) in [5.74, 6) is 1.59. The molecule has 1 aromatic rings. The van der Waals surface area contributed by atoms with E-state index in [1.54, 1.807) is 7.11 Å². The van der Waals surface area contributed by atoms with Crippen LogP contribution in [0.15, 0.2) is 18.2 Å². The first-order valence-corrected chi connectivity index (χ1v) is 7.15. The standard InChI is InChI=1S/C16H25NO2/c1-4-19-13-8-12(9-13)10-15(17)14-7-11(2)5-6-16(14)18-3/h5-7,12-13,15H,4,8-10,17H2,1-3H3. The average Bonchev–Trinajstić information content (AvgIpc) is 2.36. The lowest BCUT2D eigenvalue weighted by atomic mass is 9.77. The predicted molar refractivity (Wildman–Crippen MR) is 77.4 cm³/mol. The second kappa shape index (κ2) is 6.40. The minimum absolute atomic E-state index is 0.0578. The summed E-state index contributed by atoms with van der Waals surface area (Å²) in [5.41, 5.74) is 8.71. The first-order chi connectivity index (χ1) is 9.13. The summed E-state index contributed by atoms with van der Waals surface area (Å²) < 4.78 is 11.0. The van der Waals surface area contributed by atoms with Crippen molar-refractivity contribution in [3.8, 4) is 5.75 Å². The number of hydrogen-bond donors (Lipinski definition) is 1. The minimum atomic E-state index is 0.0578. The molecule has 0 radical (unpaired) electrons. The SMILES string of the molecule is CCOC1CC(CC(N)c2cc(C)ccc2OC)C1. The third kappa shape index (κ3) is 3.48. The van der Waals surface area contributed by atoms with Gasteiger partial charge in [-0.2, -0.15) is 0 Å². The van der Waals surface area contributed by atoms with Crippen LogP contribution in [0.25, 0.3) is 0 Å². The van der Waals surface area contributed by atoms with Crippen molar-refractivity contribution in [3.05, 3.63) is 29.3 Å². The Hall–Kier alpha value is -1.06. The quantitative estimate of drug-likeness (QED) is 0.857. The van der Waals surface area contributed by atoms with Gasteiger partial charge in [0.2, 0.25) is 0 Å². The number of aryl methyl sites for hydroxylation is 1. The van der Waals surface area contributed by atoms with Crippen LogP contribution in [0.5, 0.6) is 5.75 Å². The number of nitrogens with two attached hydrogens (primary N) is 1. The van der Waals surface area contributed by atoms with Crippen LogP contribution in [-0.2, 0) is 4.74 Å². The van der Waals surface area contributed by atoms with Gasteiger partial charge in [0.15, 0.2) is 0 Å². The molecule has 1 unspecified atom stereocenters. The van der Waals surface area contributed by atoms with Gasteiger partial charge in [-0.1, -0.05) is 17.7 Å². The number of methoxy groups -OCH3 is 1. The van der Waals surface area contributed by atoms with Crippen molar-refractivity contribution in [3.63, 3.8) is 0 Å². The van der Waals surface area contributed by atoms with Crippen LogP contribution in [0.1, 0.15) is 43.4 Å². The fourth-order valence-electron chi connectivity index (χ4n) is 2.87. The molecule has 0 amide bonds. The Labute approximate surface area is 116 Å². The molecule has 0 saturated heterocycles. The number of rotatable bonds is 6. The molecule has 2 N–H and O–H groups in total. The summed E-state index contributed by atoms with van der Waals surface area (Å²) in [5, 5.41) is 0. The molecule has 19 heavy (non-hydrogen) atoms. The van der Waals surface area contributed by atoms with E-state index in [4.69, 9.17) is 15.2 Å². The van der Waals surface area contributed by atoms with Crippen molar-refractivity contribution >= 4 is 0 Å². The van der Waals surface area contributed by atoms with Gasteiger partial charge >= 0.3 is 0 Å². The second-order valence-corrected chi connectivity index (χ2v) is 5.50. The molecule has 106 valence electrons. The Kier molecular flexibility index (Phi) is 4.83. The van der Waals surface area contributed by atoms with Gasteiger partial charge in [-0.25, -0.2) is 0 Å².